The molecule has 0 amide bonds. The molecular weight excluding hydrogens is 312 g/mol. The van der Waals surface area contributed by atoms with E-state index in [0.717, 1.165) is 25.0 Å². The first kappa shape index (κ1) is 22.1. The molecule has 24 heavy (non-hydrogen) atoms. The summed E-state index contributed by atoms with van der Waals surface area (Å²) in [5, 5.41) is 7.86. The monoisotopic (exact) mass is 340 g/mol. The molecule has 136 valence electrons. The van der Waals surface area contributed by atoms with Crippen LogP contribution in [0.1, 0.15) is 57.3 Å². The van der Waals surface area contributed by atoms with E-state index in [-0.39, 0.29) is 11.9 Å². The van der Waals surface area contributed by atoms with Crippen molar-refractivity contribution >= 4 is 11.9 Å². The van der Waals surface area contributed by atoms with Crippen molar-refractivity contribution in [2.24, 2.45) is 0 Å². The molecule has 1 saturated heterocycles. The van der Waals surface area contributed by atoms with Gasteiger partial charge in [0.15, 0.2) is 5.78 Å². The van der Waals surface area contributed by atoms with Crippen LogP contribution in [0.15, 0.2) is 30.3 Å². The number of benzene rings is 1. The minimum atomic E-state index is -1.21. The molecule has 6 nitrogen and oxygen atoms in total. The van der Waals surface area contributed by atoms with Crippen LogP contribution in [0.2, 0.25) is 0 Å². The van der Waals surface area contributed by atoms with E-state index in [1.807, 2.05) is 37.3 Å². The molecule has 0 bridgehead atoms. The van der Waals surface area contributed by atoms with E-state index in [2.05, 4.69) is 21.4 Å². The van der Waals surface area contributed by atoms with E-state index in [0.29, 0.717) is 12.5 Å². The summed E-state index contributed by atoms with van der Waals surface area (Å²) >= 11 is 0. The molecule has 2 rings (SSSR count). The van der Waals surface area contributed by atoms with Crippen LogP contribution in [-0.4, -0.2) is 35.9 Å². The van der Waals surface area contributed by atoms with Gasteiger partial charge in [0.05, 0.1) is 6.10 Å². The number of carbonyl (C=O) groups excluding carboxylic acids is 1. The van der Waals surface area contributed by atoms with E-state index < -0.39 is 6.16 Å². The van der Waals surface area contributed by atoms with Gasteiger partial charge in [-0.15, -0.1) is 0 Å². The van der Waals surface area contributed by atoms with Gasteiger partial charge in [-0.1, -0.05) is 44.2 Å². The number of Topliss-reactive ketones (excluding diaryl/α,β-unsaturated/α-hetero) is 1. The van der Waals surface area contributed by atoms with Gasteiger partial charge in [-0.3, -0.25) is 4.79 Å². The smallest absolute Gasteiger partial charge is 0.450 e. The second-order valence-corrected chi connectivity index (χ2v) is 5.38. The number of hydrogen-bond donors (Lipinski definition) is 1. The van der Waals surface area contributed by atoms with Crippen LogP contribution in [0.25, 0.3) is 0 Å². The number of carbonyl (C=O) groups is 2. The number of hydrogen-bond acceptors (Lipinski definition) is 5. The molecule has 1 aromatic rings. The molecular formula is C18H28O6. The molecule has 1 atom stereocenters. The largest absolute Gasteiger partial charge is 0.506 e. The van der Waals surface area contributed by atoms with Crippen LogP contribution in [-0.2, 0) is 14.5 Å². The second-order valence-electron chi connectivity index (χ2n) is 5.38. The lowest BCUT2D eigenvalue weighted by atomic mass is 10.1. The molecule has 0 aliphatic carbocycles. The minimum absolute atomic E-state index is 0.225. The number of ether oxygens (including phenoxy) is 1. The highest BCUT2D eigenvalue weighted by molar-refractivity contribution is 5.95. The number of rotatable bonds is 5. The summed E-state index contributed by atoms with van der Waals surface area (Å²) in [4.78, 5) is 29.8. The second kappa shape index (κ2) is 13.5. The Labute approximate surface area is 143 Å². The van der Waals surface area contributed by atoms with Gasteiger partial charge in [0.25, 0.3) is 0 Å². The van der Waals surface area contributed by atoms with Crippen LogP contribution >= 0.6 is 0 Å². The third kappa shape index (κ3) is 11.6. The van der Waals surface area contributed by atoms with Crippen molar-refractivity contribution in [3.63, 3.8) is 0 Å². The predicted octanol–water partition coefficient (Wildman–Crippen LogP) is 4.49. The Kier molecular flexibility index (Phi) is 12.4. The average Bonchev–Trinajstić information content (AvgIpc) is 2.47. The topological polar surface area (TPSA) is 82.1 Å². The first-order chi connectivity index (χ1) is 11.4. The highest BCUT2D eigenvalue weighted by atomic mass is 17.2. The van der Waals surface area contributed by atoms with Crippen molar-refractivity contribution in [2.45, 2.75) is 59.2 Å². The summed E-state index contributed by atoms with van der Waals surface area (Å²) in [5.41, 5.74) is 0.828. The zero-order chi connectivity index (χ0) is 18.4. The van der Waals surface area contributed by atoms with Gasteiger partial charge in [-0.25, -0.2) is 14.6 Å². The number of carboxylic acid groups (broad SMARTS) is 1. The van der Waals surface area contributed by atoms with Gasteiger partial charge < -0.3 is 9.84 Å². The van der Waals surface area contributed by atoms with Gasteiger partial charge in [0.1, 0.15) is 12.7 Å². The zero-order valence-electron chi connectivity index (χ0n) is 14.9. The molecule has 1 aliphatic rings. The summed E-state index contributed by atoms with van der Waals surface area (Å²) in [6.07, 6.45) is 1.61. The molecule has 1 aliphatic heterocycles. The molecule has 0 spiro atoms. The Morgan fingerprint density at radius 1 is 1.25 bits per heavy atom. The molecule has 6 heteroatoms. The Hall–Kier alpha value is -1.92. The maximum absolute atomic E-state index is 11.2. The Morgan fingerprint density at radius 2 is 1.83 bits per heavy atom. The average molecular weight is 340 g/mol. The van der Waals surface area contributed by atoms with E-state index >= 15 is 0 Å². The van der Waals surface area contributed by atoms with E-state index in [1.54, 1.807) is 13.8 Å². The Morgan fingerprint density at radius 3 is 2.08 bits per heavy atom. The highest BCUT2D eigenvalue weighted by Gasteiger charge is 2.16. The van der Waals surface area contributed by atoms with Crippen LogP contribution in [0, 0.1) is 0 Å². The molecule has 1 N–H and O–H groups in total. The fourth-order valence-corrected chi connectivity index (χ4v) is 1.55. The zero-order valence-corrected chi connectivity index (χ0v) is 14.9. The van der Waals surface area contributed by atoms with Crippen molar-refractivity contribution in [1.82, 2.24) is 0 Å². The quantitative estimate of drug-likeness (QED) is 0.483. The van der Waals surface area contributed by atoms with Gasteiger partial charge in [-0.05, 0) is 26.7 Å². The van der Waals surface area contributed by atoms with Gasteiger partial charge in [-0.2, -0.15) is 0 Å². The molecule has 0 radical (unpaired) electrons. The van der Waals surface area contributed by atoms with Crippen molar-refractivity contribution < 1.29 is 29.2 Å². The van der Waals surface area contributed by atoms with Gasteiger partial charge in [0, 0.05) is 12.0 Å². The van der Waals surface area contributed by atoms with Crippen molar-refractivity contribution in [3.8, 4) is 0 Å². The molecule has 1 unspecified atom stereocenters. The lowest BCUT2D eigenvalue weighted by molar-refractivity contribution is -0.424. The van der Waals surface area contributed by atoms with Crippen molar-refractivity contribution in [1.29, 1.82) is 0 Å². The molecule has 0 aromatic heterocycles. The number of ketones is 1. The summed E-state index contributed by atoms with van der Waals surface area (Å²) in [5.74, 6) is 0.244. The summed E-state index contributed by atoms with van der Waals surface area (Å²) in [6, 6.07) is 9.42. The SMILES string of the molecule is CC(C)OC(=O)O.CCC1COO1.CCCC(=O)c1ccccc1. The van der Waals surface area contributed by atoms with Crippen molar-refractivity contribution in [3.05, 3.63) is 35.9 Å². The predicted molar refractivity (Wildman–Crippen MR) is 91.0 cm³/mol. The first-order valence-electron chi connectivity index (χ1n) is 8.16. The standard InChI is InChI=1S/C10H12O.C4H8O3.C4H8O2/c1-2-6-10(11)9-7-4-3-5-8-9;1-3(2)7-4(5)6;1-2-4-3-5-6-4/h3-5,7-8H,2,6H2,1H3;3H,1-2H3,(H,5,6);4H,2-3H2,1H3. The maximum atomic E-state index is 11.2. The van der Waals surface area contributed by atoms with Gasteiger partial charge >= 0.3 is 6.16 Å². The van der Waals surface area contributed by atoms with E-state index in [4.69, 9.17) is 5.11 Å². The Bertz CT molecular complexity index is 451. The highest BCUT2D eigenvalue weighted by Crippen LogP contribution is 2.08. The fourth-order valence-electron chi connectivity index (χ4n) is 1.55. The maximum Gasteiger partial charge on any atom is 0.506 e. The molecule has 1 fully saturated rings. The lowest BCUT2D eigenvalue weighted by Gasteiger charge is -2.22. The van der Waals surface area contributed by atoms with E-state index in [9.17, 15) is 9.59 Å². The van der Waals surface area contributed by atoms with E-state index in [1.165, 1.54) is 0 Å². The summed E-state index contributed by atoms with van der Waals surface area (Å²) in [7, 11) is 0. The third-order valence-corrected chi connectivity index (χ3v) is 2.82. The van der Waals surface area contributed by atoms with Crippen LogP contribution in [0.5, 0.6) is 0 Å². The minimum Gasteiger partial charge on any atom is -0.450 e. The van der Waals surface area contributed by atoms with Crippen LogP contribution in [0.4, 0.5) is 4.79 Å². The molecule has 1 heterocycles. The lowest BCUT2D eigenvalue weighted by Crippen LogP contribution is -2.29. The van der Waals surface area contributed by atoms with Crippen LogP contribution in [0.3, 0.4) is 0 Å². The normalized spacial score (nSPS) is 15.1. The molecule has 0 saturated carbocycles. The van der Waals surface area contributed by atoms with Crippen LogP contribution < -0.4 is 0 Å². The van der Waals surface area contributed by atoms with Crippen molar-refractivity contribution in [2.75, 3.05) is 6.61 Å². The first-order valence-corrected chi connectivity index (χ1v) is 8.16. The summed E-state index contributed by atoms with van der Waals surface area (Å²) < 4.78 is 4.17. The molecule has 1 aromatic carbocycles. The summed E-state index contributed by atoms with van der Waals surface area (Å²) in [6.45, 7) is 8.20. The Balaban J connectivity index is 0.000000352. The van der Waals surface area contributed by atoms with Gasteiger partial charge in [0.2, 0.25) is 0 Å². The fraction of sp³-hybridized carbons (Fsp3) is 0.556. The third-order valence-electron chi connectivity index (χ3n) is 2.82.